The Morgan fingerprint density at radius 3 is 2.42 bits per heavy atom. The summed E-state index contributed by atoms with van der Waals surface area (Å²) < 4.78 is 0. The van der Waals surface area contributed by atoms with E-state index < -0.39 is 0 Å². The molecule has 1 saturated heterocycles. The van der Waals surface area contributed by atoms with Crippen molar-refractivity contribution in [1.29, 1.82) is 0 Å². The third-order valence-corrected chi connectivity index (χ3v) is 3.89. The van der Waals surface area contributed by atoms with Crippen LogP contribution in [0.15, 0.2) is 12.1 Å². The van der Waals surface area contributed by atoms with Gasteiger partial charge in [0.05, 0.1) is 0 Å². The lowest BCUT2D eigenvalue weighted by Gasteiger charge is -2.37. The first-order chi connectivity index (χ1) is 9.13. The first kappa shape index (κ1) is 14.3. The summed E-state index contributed by atoms with van der Waals surface area (Å²) in [6.07, 6.45) is 0.965. The van der Waals surface area contributed by atoms with Gasteiger partial charge >= 0.3 is 0 Å². The molecule has 1 aromatic rings. The number of rotatable bonds is 4. The van der Waals surface area contributed by atoms with Gasteiger partial charge < -0.3 is 10.6 Å². The van der Waals surface area contributed by atoms with Crippen LogP contribution in [0.3, 0.4) is 0 Å². The molecular weight excluding hydrogens is 236 g/mol. The van der Waals surface area contributed by atoms with Crippen LogP contribution in [0.25, 0.3) is 0 Å². The van der Waals surface area contributed by atoms with Gasteiger partial charge in [0.2, 0.25) is 0 Å². The van der Waals surface area contributed by atoms with Crippen molar-refractivity contribution in [3.05, 3.63) is 23.4 Å². The van der Waals surface area contributed by atoms with E-state index in [1.54, 1.807) is 0 Å². The first-order valence-corrected chi connectivity index (χ1v) is 7.33. The summed E-state index contributed by atoms with van der Waals surface area (Å²) in [5, 5.41) is 0. The summed E-state index contributed by atoms with van der Waals surface area (Å²) in [7, 11) is 0. The van der Waals surface area contributed by atoms with Crippen LogP contribution in [0.2, 0.25) is 0 Å². The van der Waals surface area contributed by atoms with Crippen LogP contribution in [0, 0.1) is 0 Å². The molecule has 0 spiro atoms. The van der Waals surface area contributed by atoms with Crippen molar-refractivity contribution in [2.45, 2.75) is 39.8 Å². The highest BCUT2D eigenvalue weighted by molar-refractivity contribution is 5.43. The molecule has 106 valence electrons. The van der Waals surface area contributed by atoms with Gasteiger partial charge in [-0.2, -0.15) is 0 Å². The average molecular weight is 262 g/mol. The van der Waals surface area contributed by atoms with Crippen LogP contribution in [-0.2, 0) is 13.0 Å². The van der Waals surface area contributed by atoms with Crippen LogP contribution in [0.5, 0.6) is 0 Å². The highest BCUT2D eigenvalue weighted by atomic mass is 15.3. The number of anilines is 1. The maximum absolute atomic E-state index is 5.78. The second-order valence-electron chi connectivity index (χ2n) is 5.50. The monoisotopic (exact) mass is 262 g/mol. The van der Waals surface area contributed by atoms with E-state index in [1.807, 2.05) is 0 Å². The summed E-state index contributed by atoms with van der Waals surface area (Å²) in [6, 6.07) is 4.90. The zero-order valence-electron chi connectivity index (χ0n) is 12.4. The Balaban J connectivity index is 2.10. The Morgan fingerprint density at radius 2 is 1.89 bits per heavy atom. The lowest BCUT2D eigenvalue weighted by molar-refractivity contribution is 0.209. The summed E-state index contributed by atoms with van der Waals surface area (Å²) >= 11 is 0. The average Bonchev–Trinajstić information content (AvgIpc) is 2.46. The van der Waals surface area contributed by atoms with Crippen LogP contribution >= 0.6 is 0 Å². The maximum Gasteiger partial charge on any atom is 0.129 e. The van der Waals surface area contributed by atoms with Crippen molar-refractivity contribution < 1.29 is 0 Å². The number of hydrogen-bond donors (Lipinski definition) is 1. The zero-order valence-corrected chi connectivity index (χ0v) is 12.4. The number of aryl methyl sites for hydroxylation is 1. The lowest BCUT2D eigenvalue weighted by atomic mass is 10.1. The molecule has 2 rings (SSSR count). The van der Waals surface area contributed by atoms with E-state index in [9.17, 15) is 0 Å². The molecule has 0 bridgehead atoms. The highest BCUT2D eigenvalue weighted by Gasteiger charge is 2.20. The molecule has 4 nitrogen and oxygen atoms in total. The first-order valence-electron chi connectivity index (χ1n) is 7.33. The standard InChI is InChI=1S/C15H26N4/c1-4-14-9-13(11-16)10-15(17-14)19-7-5-18(6-8-19)12(2)3/h9-10,12H,4-8,11,16H2,1-3H3. The molecule has 0 aromatic carbocycles. The minimum Gasteiger partial charge on any atom is -0.354 e. The number of aromatic nitrogens is 1. The summed E-state index contributed by atoms with van der Waals surface area (Å²) in [4.78, 5) is 9.65. The van der Waals surface area contributed by atoms with Crippen molar-refractivity contribution in [2.24, 2.45) is 5.73 Å². The Bertz CT molecular complexity index is 386. The second kappa shape index (κ2) is 6.35. The van der Waals surface area contributed by atoms with Crippen molar-refractivity contribution in [2.75, 3.05) is 31.1 Å². The molecule has 1 aliphatic rings. The van der Waals surface area contributed by atoms with Crippen molar-refractivity contribution in [3.63, 3.8) is 0 Å². The predicted octanol–water partition coefficient (Wildman–Crippen LogP) is 1.63. The third kappa shape index (κ3) is 3.45. The summed E-state index contributed by atoms with van der Waals surface area (Å²) in [5.41, 5.74) is 8.11. The lowest BCUT2D eigenvalue weighted by Crippen LogP contribution is -2.49. The van der Waals surface area contributed by atoms with Crippen LogP contribution in [-0.4, -0.2) is 42.1 Å². The Kier molecular flexibility index (Phi) is 4.77. The van der Waals surface area contributed by atoms with Gasteiger partial charge in [0.15, 0.2) is 0 Å². The smallest absolute Gasteiger partial charge is 0.129 e. The molecule has 0 radical (unpaired) electrons. The SMILES string of the molecule is CCc1cc(CN)cc(N2CCN(C(C)C)CC2)n1. The fourth-order valence-corrected chi connectivity index (χ4v) is 2.56. The molecule has 2 N–H and O–H groups in total. The Morgan fingerprint density at radius 1 is 1.21 bits per heavy atom. The maximum atomic E-state index is 5.78. The number of hydrogen-bond acceptors (Lipinski definition) is 4. The molecule has 0 unspecified atom stereocenters. The van der Waals surface area contributed by atoms with E-state index in [0.29, 0.717) is 12.6 Å². The topological polar surface area (TPSA) is 45.4 Å². The van der Waals surface area contributed by atoms with E-state index in [-0.39, 0.29) is 0 Å². The van der Waals surface area contributed by atoms with Gasteiger partial charge in [-0.25, -0.2) is 4.98 Å². The number of piperazine rings is 1. The zero-order chi connectivity index (χ0) is 13.8. The Labute approximate surface area is 116 Å². The predicted molar refractivity (Wildman–Crippen MR) is 80.4 cm³/mol. The molecule has 1 fully saturated rings. The van der Waals surface area contributed by atoms with E-state index in [0.717, 1.165) is 44.1 Å². The fourth-order valence-electron chi connectivity index (χ4n) is 2.56. The molecule has 1 aromatic heterocycles. The third-order valence-electron chi connectivity index (χ3n) is 3.89. The minimum absolute atomic E-state index is 0.592. The number of pyridine rings is 1. The minimum atomic E-state index is 0.592. The number of nitrogens with zero attached hydrogens (tertiary/aromatic N) is 3. The van der Waals surface area contributed by atoms with E-state index >= 15 is 0 Å². The summed E-state index contributed by atoms with van der Waals surface area (Å²) in [6.45, 7) is 11.6. The molecule has 2 heterocycles. The van der Waals surface area contributed by atoms with Crippen LogP contribution < -0.4 is 10.6 Å². The van der Waals surface area contributed by atoms with Crippen LogP contribution in [0.4, 0.5) is 5.82 Å². The largest absolute Gasteiger partial charge is 0.354 e. The summed E-state index contributed by atoms with van der Waals surface area (Å²) in [5.74, 6) is 1.10. The molecule has 4 heteroatoms. The highest BCUT2D eigenvalue weighted by Crippen LogP contribution is 2.18. The molecule has 0 aliphatic carbocycles. The molecule has 0 atom stereocenters. The van der Waals surface area contributed by atoms with Crippen molar-refractivity contribution in [1.82, 2.24) is 9.88 Å². The normalized spacial score (nSPS) is 17.2. The molecule has 0 saturated carbocycles. The molecule has 0 amide bonds. The molecule has 19 heavy (non-hydrogen) atoms. The van der Waals surface area contributed by atoms with Crippen LogP contribution in [0.1, 0.15) is 32.0 Å². The van der Waals surface area contributed by atoms with E-state index in [2.05, 4.69) is 42.7 Å². The van der Waals surface area contributed by atoms with E-state index in [4.69, 9.17) is 10.7 Å². The van der Waals surface area contributed by atoms with Crippen molar-refractivity contribution in [3.8, 4) is 0 Å². The van der Waals surface area contributed by atoms with Gasteiger partial charge in [0.1, 0.15) is 5.82 Å². The van der Waals surface area contributed by atoms with E-state index in [1.165, 1.54) is 5.56 Å². The van der Waals surface area contributed by atoms with Gasteiger partial charge in [-0.3, -0.25) is 4.90 Å². The molecule has 1 aliphatic heterocycles. The van der Waals surface area contributed by atoms with Gasteiger partial charge in [-0.15, -0.1) is 0 Å². The Hall–Kier alpha value is -1.13. The fraction of sp³-hybridized carbons (Fsp3) is 0.667. The van der Waals surface area contributed by atoms with Gasteiger partial charge in [-0.05, 0) is 38.0 Å². The van der Waals surface area contributed by atoms with Gasteiger partial charge in [0, 0.05) is 44.5 Å². The van der Waals surface area contributed by atoms with Gasteiger partial charge in [0.25, 0.3) is 0 Å². The number of nitrogens with two attached hydrogens (primary N) is 1. The van der Waals surface area contributed by atoms with Gasteiger partial charge in [-0.1, -0.05) is 6.92 Å². The second-order valence-corrected chi connectivity index (χ2v) is 5.50. The molecular formula is C15H26N4. The van der Waals surface area contributed by atoms with Crippen molar-refractivity contribution >= 4 is 5.82 Å². The quantitative estimate of drug-likeness (QED) is 0.896.